The molecule has 11 heteroatoms. The Morgan fingerprint density at radius 1 is 1.12 bits per heavy atom. The monoisotopic (exact) mass is 488 g/mol. The number of amides is 3. The van der Waals surface area contributed by atoms with Crippen LogP contribution in [0.2, 0.25) is 0 Å². The Bertz CT molecular complexity index is 891. The second-order valence-corrected chi connectivity index (χ2v) is 11.3. The number of allylic oxidation sites excluding steroid dienone is 1. The van der Waals surface area contributed by atoms with Crippen LogP contribution in [0.1, 0.15) is 64.2 Å². The summed E-state index contributed by atoms with van der Waals surface area (Å²) in [7, 11) is -3.72. The van der Waals surface area contributed by atoms with Gasteiger partial charge in [-0.25, -0.2) is 8.42 Å². The van der Waals surface area contributed by atoms with Crippen LogP contribution in [0, 0.1) is 5.92 Å². The second kappa shape index (κ2) is 9.69. The fourth-order valence-corrected chi connectivity index (χ4v) is 6.03. The average molecular weight is 489 g/mol. The summed E-state index contributed by atoms with van der Waals surface area (Å²) in [5.74, 6) is -1.58. The summed E-state index contributed by atoms with van der Waals surface area (Å²) >= 11 is 0. The lowest BCUT2D eigenvalue weighted by molar-refractivity contribution is -0.140. The van der Waals surface area contributed by atoms with Crippen molar-refractivity contribution in [3.05, 3.63) is 12.2 Å². The number of nitrogens with zero attached hydrogens (tertiary/aromatic N) is 1. The second-order valence-electron chi connectivity index (χ2n) is 9.31. The van der Waals surface area contributed by atoms with E-state index >= 15 is 0 Å². The summed E-state index contributed by atoms with van der Waals surface area (Å²) in [6.07, 6.45) is 10.7. The van der Waals surface area contributed by atoms with Crippen molar-refractivity contribution in [3.8, 4) is 0 Å². The predicted octanol–water partition coefficient (Wildman–Crippen LogP) is 0.730. The van der Waals surface area contributed by atoms with Crippen molar-refractivity contribution in [3.63, 3.8) is 0 Å². The Kier molecular flexibility index (Phi) is 7.56. The molecule has 9 nitrogen and oxygen atoms in total. The maximum absolute atomic E-state index is 13.1. The van der Waals surface area contributed by atoms with E-state index in [4.69, 9.17) is 5.73 Å². The van der Waals surface area contributed by atoms with Crippen LogP contribution in [0.15, 0.2) is 12.2 Å². The molecule has 0 aromatic rings. The molecule has 1 unspecified atom stereocenters. The van der Waals surface area contributed by atoms with Crippen molar-refractivity contribution in [2.24, 2.45) is 11.7 Å². The van der Waals surface area contributed by atoms with Gasteiger partial charge in [-0.05, 0) is 51.4 Å². The molecule has 1 saturated heterocycles. The van der Waals surface area contributed by atoms with E-state index in [-0.39, 0.29) is 24.2 Å². The molecule has 3 fully saturated rings. The lowest BCUT2D eigenvalue weighted by atomic mass is 10.1. The van der Waals surface area contributed by atoms with Gasteiger partial charge in [-0.1, -0.05) is 25.0 Å². The van der Waals surface area contributed by atoms with Crippen LogP contribution in [0.5, 0.6) is 0 Å². The number of rotatable bonds is 3. The molecule has 0 aromatic heterocycles. The minimum Gasteiger partial charge on any atom is -0.339 e. The molecule has 32 heavy (non-hydrogen) atoms. The number of nitrogens with one attached hydrogen (secondary N) is 2. The fraction of sp³-hybridized carbons (Fsp3) is 0.762. The molecule has 0 radical (unpaired) electrons. The molecule has 4 atom stereocenters. The normalized spacial score (nSPS) is 34.7. The van der Waals surface area contributed by atoms with Crippen LogP contribution in [0.3, 0.4) is 0 Å². The molecule has 2 saturated carbocycles. The zero-order valence-electron chi connectivity index (χ0n) is 18.1. The van der Waals surface area contributed by atoms with E-state index in [1.165, 1.54) is 4.90 Å². The maximum Gasteiger partial charge on any atom is 0.259 e. The molecule has 4 aliphatic rings. The highest BCUT2D eigenvalue weighted by molar-refractivity contribution is 7.91. The van der Waals surface area contributed by atoms with E-state index in [0.717, 1.165) is 25.7 Å². The van der Waals surface area contributed by atoms with E-state index in [0.29, 0.717) is 45.1 Å². The minimum absolute atomic E-state index is 0. The Balaban J connectivity index is 0.00000289. The standard InChI is InChI=1S/C21H32N4O5S.ClH/c22-16-8-5-3-1-2-4-7-14-13-21(14,20(28)24-31(29,30)15-10-11-15)23-18(26)17-9-6-12-25(17)19(16)27;/h4,7,14-17H,1-3,5-6,8-13,22H2,(H,23,26)(H,24,28);1H/b7-4-;/t14-,16+,17?,21-;/m1./s1. The lowest BCUT2D eigenvalue weighted by Crippen LogP contribution is -2.57. The SMILES string of the molecule is Cl.N[C@H]1CCCCC/C=C\[C@@H]2C[C@@]2(C(=O)NS(=O)(=O)C2CC2)NC(=O)C2CCCN2C1=O. The maximum atomic E-state index is 13.1. The van der Waals surface area contributed by atoms with Crippen LogP contribution in [0.4, 0.5) is 0 Å². The van der Waals surface area contributed by atoms with Gasteiger partial charge in [0.25, 0.3) is 5.91 Å². The van der Waals surface area contributed by atoms with Crippen molar-refractivity contribution in [2.75, 3.05) is 6.54 Å². The summed E-state index contributed by atoms with van der Waals surface area (Å²) in [5.41, 5.74) is 4.82. The summed E-state index contributed by atoms with van der Waals surface area (Å²) in [4.78, 5) is 40.5. The van der Waals surface area contributed by atoms with E-state index in [9.17, 15) is 22.8 Å². The van der Waals surface area contributed by atoms with Crippen molar-refractivity contribution >= 4 is 40.2 Å². The largest absolute Gasteiger partial charge is 0.339 e. The average Bonchev–Trinajstić information content (AvgIpc) is 3.63. The highest BCUT2D eigenvalue weighted by Crippen LogP contribution is 2.46. The first kappa shape index (κ1) is 25.0. The highest BCUT2D eigenvalue weighted by atomic mass is 35.5. The summed E-state index contributed by atoms with van der Waals surface area (Å²) in [5, 5.41) is 2.30. The van der Waals surface area contributed by atoms with Gasteiger partial charge in [-0.2, -0.15) is 0 Å². The number of nitrogens with two attached hydrogens (primary N) is 1. The van der Waals surface area contributed by atoms with Gasteiger partial charge >= 0.3 is 0 Å². The molecule has 180 valence electrons. The van der Waals surface area contributed by atoms with E-state index in [1.54, 1.807) is 0 Å². The smallest absolute Gasteiger partial charge is 0.259 e. The van der Waals surface area contributed by atoms with Gasteiger partial charge in [0.05, 0.1) is 11.3 Å². The zero-order valence-corrected chi connectivity index (χ0v) is 19.8. The summed E-state index contributed by atoms with van der Waals surface area (Å²) in [6.45, 7) is 0.462. The number of hydrogen-bond donors (Lipinski definition) is 3. The third kappa shape index (κ3) is 5.12. The van der Waals surface area contributed by atoms with Gasteiger partial charge in [0.15, 0.2) is 0 Å². The predicted molar refractivity (Wildman–Crippen MR) is 121 cm³/mol. The Morgan fingerprint density at radius 3 is 2.59 bits per heavy atom. The zero-order chi connectivity index (χ0) is 22.2. The van der Waals surface area contributed by atoms with Crippen LogP contribution in [-0.2, 0) is 24.4 Å². The third-order valence-corrected chi connectivity index (χ3v) is 8.69. The number of fused-ring (bicyclic) bond motifs is 2. The molecule has 4 N–H and O–H groups in total. The van der Waals surface area contributed by atoms with Crippen molar-refractivity contribution < 1.29 is 22.8 Å². The number of hydrogen-bond acceptors (Lipinski definition) is 6. The number of halogens is 1. The van der Waals surface area contributed by atoms with Gasteiger partial charge in [0.1, 0.15) is 11.6 Å². The first-order chi connectivity index (χ1) is 14.7. The molecule has 2 aliphatic carbocycles. The van der Waals surface area contributed by atoms with Crippen molar-refractivity contribution in [1.82, 2.24) is 14.9 Å². The number of carbonyl (C=O) groups excluding carboxylic acids is 3. The third-order valence-electron chi connectivity index (χ3n) is 6.87. The van der Waals surface area contributed by atoms with E-state index < -0.39 is 44.7 Å². The molecular weight excluding hydrogens is 456 g/mol. The lowest BCUT2D eigenvalue weighted by Gasteiger charge is -2.28. The summed E-state index contributed by atoms with van der Waals surface area (Å²) < 4.78 is 26.8. The van der Waals surface area contributed by atoms with Crippen LogP contribution in [0.25, 0.3) is 0 Å². The Morgan fingerprint density at radius 2 is 1.88 bits per heavy atom. The van der Waals surface area contributed by atoms with E-state index in [2.05, 4.69) is 10.0 Å². The van der Waals surface area contributed by atoms with Gasteiger partial charge in [-0.15, -0.1) is 12.4 Å². The minimum atomic E-state index is -3.72. The molecule has 2 heterocycles. The molecule has 2 aliphatic heterocycles. The molecule has 4 rings (SSSR count). The topological polar surface area (TPSA) is 139 Å². The molecule has 0 spiro atoms. The van der Waals surface area contributed by atoms with Crippen LogP contribution in [-0.4, -0.2) is 60.5 Å². The van der Waals surface area contributed by atoms with Crippen molar-refractivity contribution in [2.45, 2.75) is 87.1 Å². The Labute approximate surface area is 195 Å². The van der Waals surface area contributed by atoms with Gasteiger partial charge < -0.3 is 16.0 Å². The number of sulfonamides is 1. The van der Waals surface area contributed by atoms with Crippen LogP contribution < -0.4 is 15.8 Å². The highest BCUT2D eigenvalue weighted by Gasteiger charge is 2.61. The number of carbonyl (C=O) groups is 3. The Hall–Kier alpha value is -1.65. The quantitative estimate of drug-likeness (QED) is 0.500. The van der Waals surface area contributed by atoms with Crippen LogP contribution >= 0.6 is 12.4 Å². The van der Waals surface area contributed by atoms with E-state index in [1.807, 2.05) is 12.2 Å². The summed E-state index contributed by atoms with van der Waals surface area (Å²) in [6, 6.07) is -1.32. The fourth-order valence-electron chi connectivity index (χ4n) is 4.67. The molecular formula is C21H33ClN4O5S. The molecule has 0 bridgehead atoms. The van der Waals surface area contributed by atoms with Gasteiger partial charge in [-0.3, -0.25) is 19.1 Å². The van der Waals surface area contributed by atoms with Crippen molar-refractivity contribution in [1.29, 1.82) is 0 Å². The van der Waals surface area contributed by atoms with Gasteiger partial charge in [0.2, 0.25) is 21.8 Å². The first-order valence-electron chi connectivity index (χ1n) is 11.4. The molecule has 0 aromatic carbocycles. The van der Waals surface area contributed by atoms with Gasteiger partial charge in [0, 0.05) is 12.5 Å². The molecule has 3 amide bonds. The first-order valence-corrected chi connectivity index (χ1v) is 12.9.